The first kappa shape index (κ1) is 13.8. The minimum absolute atomic E-state index is 0.0306. The van der Waals surface area contributed by atoms with Gasteiger partial charge in [0.1, 0.15) is 0 Å². The van der Waals surface area contributed by atoms with Crippen LogP contribution in [-0.4, -0.2) is 43.5 Å². The lowest BCUT2D eigenvalue weighted by Crippen LogP contribution is -2.46. The van der Waals surface area contributed by atoms with Gasteiger partial charge in [0, 0.05) is 30.7 Å². The van der Waals surface area contributed by atoms with Gasteiger partial charge in [0.25, 0.3) is 0 Å². The Balaban J connectivity index is 1.92. The zero-order valence-electron chi connectivity index (χ0n) is 9.88. The minimum Gasteiger partial charge on any atom is -0.324 e. The Labute approximate surface area is 120 Å². The predicted molar refractivity (Wildman–Crippen MR) is 77.1 cm³/mol. The molecule has 0 bridgehead atoms. The van der Waals surface area contributed by atoms with Gasteiger partial charge in [0.05, 0.1) is 17.3 Å². The molecule has 1 aromatic carbocycles. The molecule has 0 radical (unpaired) electrons. The van der Waals surface area contributed by atoms with Gasteiger partial charge >= 0.3 is 0 Å². The van der Waals surface area contributed by atoms with E-state index in [9.17, 15) is 4.79 Å². The Morgan fingerprint density at radius 2 is 2.17 bits per heavy atom. The Bertz CT molecular complexity index is 435. The maximum atomic E-state index is 11.9. The zero-order chi connectivity index (χ0) is 13.0. The molecule has 0 aromatic heterocycles. The second-order valence-electron chi connectivity index (χ2n) is 4.20. The standard InChI is InChI=1S/C12H15BrClN3O/c13-9-1-2-10(14)11(7-9)16-12(18)8-17-5-3-15-4-6-17/h1-2,7,15H,3-6,8H2,(H,16,18). The van der Waals surface area contributed by atoms with Crippen molar-refractivity contribution in [3.05, 3.63) is 27.7 Å². The maximum absolute atomic E-state index is 11.9. The Morgan fingerprint density at radius 3 is 2.89 bits per heavy atom. The third-order valence-corrected chi connectivity index (χ3v) is 3.60. The lowest BCUT2D eigenvalue weighted by molar-refractivity contribution is -0.117. The smallest absolute Gasteiger partial charge is 0.238 e. The number of hydrogen-bond donors (Lipinski definition) is 2. The molecule has 2 N–H and O–H groups in total. The number of rotatable bonds is 3. The fourth-order valence-electron chi connectivity index (χ4n) is 1.86. The minimum atomic E-state index is -0.0306. The van der Waals surface area contributed by atoms with Crippen LogP contribution in [0, 0.1) is 0 Å². The van der Waals surface area contributed by atoms with Crippen molar-refractivity contribution >= 4 is 39.1 Å². The van der Waals surface area contributed by atoms with Gasteiger partial charge in [-0.15, -0.1) is 0 Å². The largest absolute Gasteiger partial charge is 0.324 e. The molecule has 0 saturated carbocycles. The molecule has 4 nitrogen and oxygen atoms in total. The summed E-state index contributed by atoms with van der Waals surface area (Å²) in [5, 5.41) is 6.64. The number of benzene rings is 1. The van der Waals surface area contributed by atoms with Crippen LogP contribution in [0.2, 0.25) is 5.02 Å². The molecule has 1 aliphatic heterocycles. The first-order valence-corrected chi connectivity index (χ1v) is 7.00. The first-order valence-electron chi connectivity index (χ1n) is 5.83. The van der Waals surface area contributed by atoms with E-state index < -0.39 is 0 Å². The molecule has 0 spiro atoms. The third-order valence-electron chi connectivity index (χ3n) is 2.78. The van der Waals surface area contributed by atoms with Crippen molar-refractivity contribution in [2.75, 3.05) is 38.0 Å². The van der Waals surface area contributed by atoms with Crippen LogP contribution < -0.4 is 10.6 Å². The van der Waals surface area contributed by atoms with Gasteiger partial charge in [-0.3, -0.25) is 9.69 Å². The second-order valence-corrected chi connectivity index (χ2v) is 5.52. The number of amides is 1. The zero-order valence-corrected chi connectivity index (χ0v) is 12.2. The maximum Gasteiger partial charge on any atom is 0.238 e. The van der Waals surface area contributed by atoms with E-state index in [1.165, 1.54) is 0 Å². The highest BCUT2D eigenvalue weighted by molar-refractivity contribution is 9.10. The predicted octanol–water partition coefficient (Wildman–Crippen LogP) is 1.95. The second kappa shape index (κ2) is 6.52. The normalized spacial score (nSPS) is 16.6. The highest BCUT2D eigenvalue weighted by Crippen LogP contribution is 2.25. The molecular weight excluding hydrogens is 318 g/mol. The van der Waals surface area contributed by atoms with Gasteiger partial charge in [-0.25, -0.2) is 0 Å². The van der Waals surface area contributed by atoms with Crippen LogP contribution in [0.25, 0.3) is 0 Å². The molecule has 98 valence electrons. The lowest BCUT2D eigenvalue weighted by Gasteiger charge is -2.26. The molecule has 1 aliphatic rings. The van der Waals surface area contributed by atoms with E-state index in [1.807, 2.05) is 6.07 Å². The summed E-state index contributed by atoms with van der Waals surface area (Å²) < 4.78 is 0.893. The quantitative estimate of drug-likeness (QED) is 0.889. The number of carbonyl (C=O) groups excluding carboxylic acids is 1. The molecule has 1 amide bonds. The lowest BCUT2D eigenvalue weighted by atomic mass is 10.3. The third kappa shape index (κ3) is 3.95. The van der Waals surface area contributed by atoms with E-state index in [2.05, 4.69) is 31.5 Å². The van der Waals surface area contributed by atoms with Crippen molar-refractivity contribution in [2.24, 2.45) is 0 Å². The van der Waals surface area contributed by atoms with Gasteiger partial charge in [0.2, 0.25) is 5.91 Å². The molecule has 0 aliphatic carbocycles. The van der Waals surface area contributed by atoms with Crippen molar-refractivity contribution in [1.82, 2.24) is 10.2 Å². The first-order chi connectivity index (χ1) is 8.65. The van der Waals surface area contributed by atoms with Gasteiger partial charge < -0.3 is 10.6 Å². The van der Waals surface area contributed by atoms with E-state index in [1.54, 1.807) is 12.1 Å². The van der Waals surface area contributed by atoms with E-state index in [-0.39, 0.29) is 5.91 Å². The van der Waals surface area contributed by atoms with Gasteiger partial charge in [-0.05, 0) is 18.2 Å². The van der Waals surface area contributed by atoms with Crippen LogP contribution in [0.15, 0.2) is 22.7 Å². The number of piperazine rings is 1. The van der Waals surface area contributed by atoms with Crippen molar-refractivity contribution in [3.8, 4) is 0 Å². The summed E-state index contributed by atoms with van der Waals surface area (Å²) in [6.45, 7) is 4.08. The van der Waals surface area contributed by atoms with Crippen molar-refractivity contribution in [3.63, 3.8) is 0 Å². The Kier molecular flexibility index (Phi) is 5.00. The average molecular weight is 333 g/mol. The highest BCUT2D eigenvalue weighted by atomic mass is 79.9. The Hall–Kier alpha value is -0.620. The number of carbonyl (C=O) groups is 1. The number of hydrogen-bond acceptors (Lipinski definition) is 3. The monoisotopic (exact) mass is 331 g/mol. The van der Waals surface area contributed by atoms with E-state index in [0.29, 0.717) is 17.3 Å². The van der Waals surface area contributed by atoms with Crippen LogP contribution in [0.3, 0.4) is 0 Å². The van der Waals surface area contributed by atoms with Gasteiger partial charge in [-0.1, -0.05) is 27.5 Å². The molecule has 18 heavy (non-hydrogen) atoms. The van der Waals surface area contributed by atoms with Crippen LogP contribution in [0.5, 0.6) is 0 Å². The molecule has 6 heteroatoms. The molecule has 0 atom stereocenters. The average Bonchev–Trinajstić information content (AvgIpc) is 2.35. The van der Waals surface area contributed by atoms with Crippen molar-refractivity contribution < 1.29 is 4.79 Å². The fourth-order valence-corrected chi connectivity index (χ4v) is 2.38. The van der Waals surface area contributed by atoms with E-state index >= 15 is 0 Å². The van der Waals surface area contributed by atoms with Crippen LogP contribution in [0.1, 0.15) is 0 Å². The van der Waals surface area contributed by atoms with E-state index in [4.69, 9.17) is 11.6 Å². The summed E-state index contributed by atoms with van der Waals surface area (Å²) in [5.41, 5.74) is 0.645. The summed E-state index contributed by atoms with van der Waals surface area (Å²) in [6.07, 6.45) is 0. The van der Waals surface area contributed by atoms with Crippen molar-refractivity contribution in [1.29, 1.82) is 0 Å². The number of anilines is 1. The van der Waals surface area contributed by atoms with Crippen molar-refractivity contribution in [2.45, 2.75) is 0 Å². The summed E-state index contributed by atoms with van der Waals surface area (Å²) in [7, 11) is 0. The molecule has 1 aromatic rings. The topological polar surface area (TPSA) is 44.4 Å². The molecule has 2 rings (SSSR count). The molecule has 0 unspecified atom stereocenters. The van der Waals surface area contributed by atoms with Crippen LogP contribution >= 0.6 is 27.5 Å². The van der Waals surface area contributed by atoms with Crippen LogP contribution in [0.4, 0.5) is 5.69 Å². The fraction of sp³-hybridized carbons (Fsp3) is 0.417. The van der Waals surface area contributed by atoms with Gasteiger partial charge in [0.15, 0.2) is 0 Å². The summed E-state index contributed by atoms with van der Waals surface area (Å²) in [6, 6.07) is 5.40. The highest BCUT2D eigenvalue weighted by Gasteiger charge is 2.14. The molecule has 1 saturated heterocycles. The number of nitrogens with zero attached hydrogens (tertiary/aromatic N) is 1. The summed E-state index contributed by atoms with van der Waals surface area (Å²) in [4.78, 5) is 14.0. The number of nitrogens with one attached hydrogen (secondary N) is 2. The molecular formula is C12H15BrClN3O. The summed E-state index contributed by atoms with van der Waals surface area (Å²) in [5.74, 6) is -0.0306. The van der Waals surface area contributed by atoms with Crippen LogP contribution in [-0.2, 0) is 4.79 Å². The summed E-state index contributed by atoms with van der Waals surface area (Å²) >= 11 is 9.38. The van der Waals surface area contributed by atoms with E-state index in [0.717, 1.165) is 30.7 Å². The molecule has 1 heterocycles. The molecule has 1 fully saturated rings. The SMILES string of the molecule is O=C(CN1CCNCC1)Nc1cc(Br)ccc1Cl. The van der Waals surface area contributed by atoms with Gasteiger partial charge in [-0.2, -0.15) is 0 Å². The number of halogens is 2. The Morgan fingerprint density at radius 1 is 1.44 bits per heavy atom.